The minimum Gasteiger partial charge on any atom is -0.455 e. The van der Waals surface area contributed by atoms with E-state index in [0.29, 0.717) is 0 Å². The molecule has 0 heterocycles. The number of hydrogen-bond acceptors (Lipinski definition) is 3. The highest BCUT2D eigenvalue weighted by molar-refractivity contribution is 6.84. The molecular weight excluding hydrogens is 232 g/mol. The highest BCUT2D eigenvalue weighted by Crippen LogP contribution is 2.23. The molecule has 98 valence electrons. The second kappa shape index (κ2) is 7.60. The van der Waals surface area contributed by atoms with Crippen molar-refractivity contribution in [2.75, 3.05) is 20.1 Å². The molecule has 0 aliphatic rings. The Hall–Kier alpha value is 0.314. The van der Waals surface area contributed by atoms with Gasteiger partial charge in [-0.15, -0.1) is 0 Å². The van der Waals surface area contributed by atoms with E-state index in [-0.39, 0.29) is 0 Å². The molecule has 0 rings (SSSR count). The van der Waals surface area contributed by atoms with Crippen LogP contribution in [0.5, 0.6) is 0 Å². The highest BCUT2D eigenvalue weighted by Gasteiger charge is 2.31. The molecule has 0 atom stereocenters. The fraction of sp³-hybridized carbons (Fsp3) is 1.00. The predicted octanol–water partition coefficient (Wildman–Crippen LogP) is 2.37. The van der Waals surface area contributed by atoms with Crippen molar-refractivity contribution in [2.45, 2.75) is 51.1 Å². The van der Waals surface area contributed by atoms with E-state index < -0.39 is 16.6 Å². The lowest BCUT2D eigenvalue weighted by Crippen LogP contribution is -2.44. The molecule has 0 amide bonds. The summed E-state index contributed by atoms with van der Waals surface area (Å²) in [5.41, 5.74) is 5.57. The van der Waals surface area contributed by atoms with Gasteiger partial charge in [-0.05, 0) is 71.3 Å². The molecule has 3 nitrogen and oxygen atoms in total. The molecule has 0 aliphatic carbocycles. The molecule has 0 bridgehead atoms. The van der Waals surface area contributed by atoms with Gasteiger partial charge < -0.3 is 15.2 Å². The summed E-state index contributed by atoms with van der Waals surface area (Å²) < 4.78 is 6.47. The average molecular weight is 263 g/mol. The standard InChI is InChI=1S/C11H30N2OSi2/c1-13-9-7-11-16(4,5)14-15(2,3)10-6-8-12/h13H,6-12H2,1-5H3. The van der Waals surface area contributed by atoms with Gasteiger partial charge in [-0.1, -0.05) is 0 Å². The molecule has 0 aliphatic heterocycles. The topological polar surface area (TPSA) is 47.3 Å². The van der Waals surface area contributed by atoms with E-state index in [0.717, 1.165) is 19.5 Å². The summed E-state index contributed by atoms with van der Waals surface area (Å²) in [5.74, 6) is 0. The van der Waals surface area contributed by atoms with Crippen LogP contribution in [0.25, 0.3) is 0 Å². The van der Waals surface area contributed by atoms with Crippen LogP contribution in [0.15, 0.2) is 0 Å². The van der Waals surface area contributed by atoms with Crippen LogP contribution >= 0.6 is 0 Å². The summed E-state index contributed by atoms with van der Waals surface area (Å²) in [6.45, 7) is 11.2. The SMILES string of the molecule is CNCCC[Si](C)(C)O[Si](C)(C)CCCN. The molecule has 16 heavy (non-hydrogen) atoms. The van der Waals surface area contributed by atoms with Gasteiger partial charge >= 0.3 is 0 Å². The Labute approximate surface area is 103 Å². The van der Waals surface area contributed by atoms with Crippen molar-refractivity contribution in [3.63, 3.8) is 0 Å². The zero-order chi connectivity index (χ0) is 12.7. The van der Waals surface area contributed by atoms with Crippen molar-refractivity contribution in [1.29, 1.82) is 0 Å². The number of nitrogens with one attached hydrogen (secondary N) is 1. The van der Waals surface area contributed by atoms with Gasteiger partial charge in [0.15, 0.2) is 16.6 Å². The van der Waals surface area contributed by atoms with Crippen LogP contribution in [-0.2, 0) is 4.12 Å². The van der Waals surface area contributed by atoms with E-state index >= 15 is 0 Å². The van der Waals surface area contributed by atoms with E-state index in [1.165, 1.54) is 18.5 Å². The number of hydrogen-bond donors (Lipinski definition) is 2. The Bertz CT molecular complexity index is 187. The van der Waals surface area contributed by atoms with Crippen molar-refractivity contribution in [1.82, 2.24) is 5.32 Å². The fourth-order valence-corrected chi connectivity index (χ4v) is 11.0. The maximum atomic E-state index is 6.47. The first-order valence-corrected chi connectivity index (χ1v) is 12.6. The van der Waals surface area contributed by atoms with Crippen LogP contribution in [0.4, 0.5) is 0 Å². The third kappa shape index (κ3) is 8.46. The van der Waals surface area contributed by atoms with Gasteiger partial charge in [-0.3, -0.25) is 0 Å². The van der Waals surface area contributed by atoms with E-state index in [1.54, 1.807) is 0 Å². The Kier molecular flexibility index (Phi) is 7.75. The second-order valence-electron chi connectivity index (χ2n) is 5.72. The van der Waals surface area contributed by atoms with Crippen molar-refractivity contribution < 1.29 is 4.12 Å². The lowest BCUT2D eigenvalue weighted by molar-refractivity contribution is 0.529. The molecule has 3 N–H and O–H groups in total. The number of nitrogens with two attached hydrogens (primary N) is 1. The maximum Gasteiger partial charge on any atom is 0.173 e. The first-order valence-electron chi connectivity index (χ1n) is 6.38. The van der Waals surface area contributed by atoms with Gasteiger partial charge in [0.1, 0.15) is 0 Å². The quantitative estimate of drug-likeness (QED) is 0.495. The summed E-state index contributed by atoms with van der Waals surface area (Å²) in [7, 11) is -0.894. The van der Waals surface area contributed by atoms with Gasteiger partial charge in [0, 0.05) is 0 Å². The molecule has 5 heteroatoms. The third-order valence-electron chi connectivity index (χ3n) is 2.74. The van der Waals surface area contributed by atoms with E-state index in [4.69, 9.17) is 9.85 Å². The second-order valence-corrected chi connectivity index (χ2v) is 14.6. The smallest absolute Gasteiger partial charge is 0.173 e. The van der Waals surface area contributed by atoms with E-state index in [9.17, 15) is 0 Å². The van der Waals surface area contributed by atoms with Crippen LogP contribution in [0.1, 0.15) is 12.8 Å². The van der Waals surface area contributed by atoms with Crippen molar-refractivity contribution in [2.24, 2.45) is 5.73 Å². The Morgan fingerprint density at radius 2 is 1.50 bits per heavy atom. The summed E-state index contributed by atoms with van der Waals surface area (Å²) in [6, 6.07) is 2.46. The average Bonchev–Trinajstić information content (AvgIpc) is 2.13. The molecule has 0 radical (unpaired) electrons. The summed E-state index contributed by atoms with van der Waals surface area (Å²) in [6.07, 6.45) is 2.34. The minimum absolute atomic E-state index is 0.793. The van der Waals surface area contributed by atoms with Crippen molar-refractivity contribution >= 4 is 16.6 Å². The van der Waals surface area contributed by atoms with Gasteiger partial charge in [-0.25, -0.2) is 0 Å². The summed E-state index contributed by atoms with van der Waals surface area (Å²) >= 11 is 0. The molecule has 0 aromatic heterocycles. The molecular formula is C11H30N2OSi2. The van der Waals surface area contributed by atoms with Crippen LogP contribution < -0.4 is 11.1 Å². The largest absolute Gasteiger partial charge is 0.455 e. The van der Waals surface area contributed by atoms with Gasteiger partial charge in [0.05, 0.1) is 0 Å². The van der Waals surface area contributed by atoms with Crippen LogP contribution in [-0.4, -0.2) is 36.8 Å². The van der Waals surface area contributed by atoms with E-state index in [1.807, 2.05) is 7.05 Å². The first kappa shape index (κ1) is 16.3. The molecule has 0 unspecified atom stereocenters. The molecule has 0 saturated heterocycles. The van der Waals surface area contributed by atoms with E-state index in [2.05, 4.69) is 31.5 Å². The molecule has 0 spiro atoms. The Morgan fingerprint density at radius 1 is 1.00 bits per heavy atom. The zero-order valence-electron chi connectivity index (χ0n) is 11.7. The molecule has 0 aromatic carbocycles. The lowest BCUT2D eigenvalue weighted by atomic mass is 10.5. The Balaban J connectivity index is 4.01. The van der Waals surface area contributed by atoms with Crippen LogP contribution in [0, 0.1) is 0 Å². The molecule has 0 fully saturated rings. The molecule has 0 aromatic rings. The first-order chi connectivity index (χ1) is 7.33. The highest BCUT2D eigenvalue weighted by atomic mass is 28.4. The summed E-state index contributed by atoms with van der Waals surface area (Å²) in [5, 5.41) is 3.20. The minimum atomic E-state index is -1.46. The lowest BCUT2D eigenvalue weighted by Gasteiger charge is -2.34. The number of rotatable bonds is 9. The van der Waals surface area contributed by atoms with Crippen molar-refractivity contribution in [3.05, 3.63) is 0 Å². The van der Waals surface area contributed by atoms with Gasteiger partial charge in [0.2, 0.25) is 0 Å². The normalized spacial score (nSPS) is 13.1. The fourth-order valence-electron chi connectivity index (χ4n) is 2.07. The van der Waals surface area contributed by atoms with Crippen molar-refractivity contribution in [3.8, 4) is 0 Å². The monoisotopic (exact) mass is 262 g/mol. The zero-order valence-corrected chi connectivity index (χ0v) is 13.7. The van der Waals surface area contributed by atoms with Gasteiger partial charge in [0.25, 0.3) is 0 Å². The maximum absolute atomic E-state index is 6.47. The third-order valence-corrected chi connectivity index (χ3v) is 10.3. The predicted molar refractivity (Wildman–Crippen MR) is 77.9 cm³/mol. The van der Waals surface area contributed by atoms with Gasteiger partial charge in [-0.2, -0.15) is 0 Å². The summed E-state index contributed by atoms with van der Waals surface area (Å²) in [4.78, 5) is 0. The Morgan fingerprint density at radius 3 is 1.94 bits per heavy atom. The van der Waals surface area contributed by atoms with Crippen LogP contribution in [0.3, 0.4) is 0 Å². The van der Waals surface area contributed by atoms with Crippen LogP contribution in [0.2, 0.25) is 38.3 Å². The molecule has 0 saturated carbocycles.